The third-order valence-corrected chi connectivity index (χ3v) is 2.49. The molecule has 0 aliphatic carbocycles. The lowest BCUT2D eigenvalue weighted by Gasteiger charge is -2.12. The van der Waals surface area contributed by atoms with Gasteiger partial charge >= 0.3 is 0 Å². The van der Waals surface area contributed by atoms with Crippen molar-refractivity contribution in [2.24, 2.45) is 11.8 Å². The Hall–Kier alpha value is -0.780. The van der Waals surface area contributed by atoms with E-state index in [0.717, 1.165) is 11.8 Å². The maximum absolute atomic E-state index is 2.38. The third kappa shape index (κ3) is 4.51. The number of hydrogen-bond acceptors (Lipinski definition) is 0. The molecular formula is C15H23. The summed E-state index contributed by atoms with van der Waals surface area (Å²) in [5.41, 5.74) is 2.92. The van der Waals surface area contributed by atoms with Crippen molar-refractivity contribution in [2.45, 2.75) is 40.5 Å². The molecule has 1 aromatic rings. The minimum atomic E-state index is 0.735. The largest absolute Gasteiger partial charge is 0.0628 e. The van der Waals surface area contributed by atoms with Crippen molar-refractivity contribution < 1.29 is 0 Å². The fourth-order valence-corrected chi connectivity index (χ4v) is 1.72. The molecule has 0 aromatic heterocycles. The second kappa shape index (κ2) is 5.95. The highest BCUT2D eigenvalue weighted by Gasteiger charge is 2.05. The van der Waals surface area contributed by atoms with Crippen molar-refractivity contribution in [3.05, 3.63) is 41.8 Å². The van der Waals surface area contributed by atoms with E-state index < -0.39 is 0 Å². The first-order valence-corrected chi connectivity index (χ1v) is 6.00. The van der Waals surface area contributed by atoms with Gasteiger partial charge in [-0.25, -0.2) is 0 Å². The van der Waals surface area contributed by atoms with Crippen molar-refractivity contribution in [3.8, 4) is 0 Å². The second-order valence-corrected chi connectivity index (χ2v) is 5.13. The summed E-state index contributed by atoms with van der Waals surface area (Å²) in [6.07, 6.45) is 4.74. The Bertz CT molecular complexity index is 284. The molecule has 1 aromatic carbocycles. The molecule has 15 heavy (non-hydrogen) atoms. The van der Waals surface area contributed by atoms with Gasteiger partial charge in [0.1, 0.15) is 0 Å². The predicted molar refractivity (Wildman–Crippen MR) is 67.8 cm³/mol. The van der Waals surface area contributed by atoms with E-state index in [0.29, 0.717) is 0 Å². The molecule has 1 radical (unpaired) electrons. The van der Waals surface area contributed by atoms with Crippen LogP contribution in [0.3, 0.4) is 0 Å². The van der Waals surface area contributed by atoms with Gasteiger partial charge in [0.2, 0.25) is 0 Å². The zero-order valence-corrected chi connectivity index (χ0v) is 10.5. The highest BCUT2D eigenvalue weighted by Crippen LogP contribution is 2.18. The van der Waals surface area contributed by atoms with Gasteiger partial charge in [-0.1, -0.05) is 52.0 Å². The van der Waals surface area contributed by atoms with Crippen LogP contribution < -0.4 is 0 Å². The first kappa shape index (κ1) is 12.3. The highest BCUT2D eigenvalue weighted by atomic mass is 14.1. The van der Waals surface area contributed by atoms with Gasteiger partial charge < -0.3 is 0 Å². The maximum Gasteiger partial charge on any atom is -0.00877 e. The SMILES string of the molecule is CC(C)C[CH]c1ccccc1CC(C)C. The van der Waals surface area contributed by atoms with E-state index in [1.165, 1.54) is 24.0 Å². The predicted octanol–water partition coefficient (Wildman–Crippen LogP) is 4.48. The lowest BCUT2D eigenvalue weighted by atomic mass is 9.93. The van der Waals surface area contributed by atoms with Crippen LogP contribution in [0.2, 0.25) is 0 Å². The molecule has 0 spiro atoms. The Morgan fingerprint density at radius 3 is 2.27 bits per heavy atom. The summed E-state index contributed by atoms with van der Waals surface area (Å²) in [5, 5.41) is 0. The van der Waals surface area contributed by atoms with Crippen molar-refractivity contribution in [2.75, 3.05) is 0 Å². The first-order chi connectivity index (χ1) is 7.09. The van der Waals surface area contributed by atoms with E-state index >= 15 is 0 Å². The second-order valence-electron chi connectivity index (χ2n) is 5.13. The lowest BCUT2D eigenvalue weighted by molar-refractivity contribution is 0.631. The van der Waals surface area contributed by atoms with Gasteiger partial charge in [-0.05, 0) is 42.2 Å². The van der Waals surface area contributed by atoms with Crippen LogP contribution in [0.5, 0.6) is 0 Å². The molecule has 0 saturated carbocycles. The Morgan fingerprint density at radius 2 is 1.67 bits per heavy atom. The maximum atomic E-state index is 2.38. The third-order valence-electron chi connectivity index (χ3n) is 2.49. The molecule has 0 heterocycles. The monoisotopic (exact) mass is 203 g/mol. The normalized spacial score (nSPS) is 11.3. The molecule has 0 fully saturated rings. The van der Waals surface area contributed by atoms with Crippen LogP contribution in [0.1, 0.15) is 45.2 Å². The molecule has 1 rings (SSSR count). The lowest BCUT2D eigenvalue weighted by Crippen LogP contribution is -1.99. The first-order valence-electron chi connectivity index (χ1n) is 6.00. The average Bonchev–Trinajstić information content (AvgIpc) is 2.15. The zero-order valence-electron chi connectivity index (χ0n) is 10.5. The van der Waals surface area contributed by atoms with Gasteiger partial charge in [-0.3, -0.25) is 0 Å². The molecule has 83 valence electrons. The summed E-state index contributed by atoms with van der Waals surface area (Å²) >= 11 is 0. The van der Waals surface area contributed by atoms with E-state index in [2.05, 4.69) is 58.4 Å². The molecule has 0 nitrogen and oxygen atoms in total. The van der Waals surface area contributed by atoms with Crippen molar-refractivity contribution in [1.29, 1.82) is 0 Å². The smallest absolute Gasteiger partial charge is 0.00877 e. The Morgan fingerprint density at radius 1 is 1.00 bits per heavy atom. The number of benzene rings is 1. The minimum absolute atomic E-state index is 0.735. The van der Waals surface area contributed by atoms with Gasteiger partial charge in [0.15, 0.2) is 0 Å². The standard InChI is InChI=1S/C15H23/c1-12(2)9-10-14-7-5-6-8-15(14)11-13(3)4/h5-8,10,12-13H,9,11H2,1-4H3. The van der Waals surface area contributed by atoms with Gasteiger partial charge in [0.05, 0.1) is 0 Å². The summed E-state index contributed by atoms with van der Waals surface area (Å²) < 4.78 is 0. The summed E-state index contributed by atoms with van der Waals surface area (Å²) in [4.78, 5) is 0. The summed E-state index contributed by atoms with van der Waals surface area (Å²) in [6.45, 7) is 9.08. The van der Waals surface area contributed by atoms with Crippen molar-refractivity contribution >= 4 is 0 Å². The molecule has 0 aliphatic heterocycles. The molecular weight excluding hydrogens is 180 g/mol. The quantitative estimate of drug-likeness (QED) is 0.661. The molecule has 0 heteroatoms. The summed E-state index contributed by atoms with van der Waals surface area (Å²) in [6, 6.07) is 8.77. The van der Waals surface area contributed by atoms with Gasteiger partial charge in [-0.2, -0.15) is 0 Å². The average molecular weight is 203 g/mol. The Kier molecular flexibility index (Phi) is 4.87. The highest BCUT2D eigenvalue weighted by molar-refractivity contribution is 5.33. The number of rotatable bonds is 5. The van der Waals surface area contributed by atoms with Crippen LogP contribution in [-0.4, -0.2) is 0 Å². The van der Waals surface area contributed by atoms with Gasteiger partial charge in [-0.15, -0.1) is 0 Å². The van der Waals surface area contributed by atoms with E-state index in [1.807, 2.05) is 0 Å². The van der Waals surface area contributed by atoms with E-state index in [-0.39, 0.29) is 0 Å². The zero-order chi connectivity index (χ0) is 11.3. The van der Waals surface area contributed by atoms with Crippen LogP contribution in [0, 0.1) is 18.3 Å². The van der Waals surface area contributed by atoms with Crippen LogP contribution in [0.15, 0.2) is 24.3 Å². The minimum Gasteiger partial charge on any atom is -0.0628 e. The molecule has 0 atom stereocenters. The number of hydrogen-bond donors (Lipinski definition) is 0. The van der Waals surface area contributed by atoms with Crippen LogP contribution in [0.4, 0.5) is 0 Å². The van der Waals surface area contributed by atoms with Gasteiger partial charge in [0, 0.05) is 0 Å². The molecule has 0 saturated heterocycles. The Labute approximate surface area is 94.7 Å². The fourth-order valence-electron chi connectivity index (χ4n) is 1.72. The molecule has 0 bridgehead atoms. The topological polar surface area (TPSA) is 0 Å². The summed E-state index contributed by atoms with van der Waals surface area (Å²) in [5.74, 6) is 1.48. The molecule has 0 aliphatic rings. The van der Waals surface area contributed by atoms with Crippen LogP contribution in [0.25, 0.3) is 0 Å². The van der Waals surface area contributed by atoms with Crippen molar-refractivity contribution in [3.63, 3.8) is 0 Å². The van der Waals surface area contributed by atoms with E-state index in [9.17, 15) is 0 Å². The molecule has 0 unspecified atom stereocenters. The summed E-state index contributed by atoms with van der Waals surface area (Å²) in [7, 11) is 0. The van der Waals surface area contributed by atoms with Crippen molar-refractivity contribution in [1.82, 2.24) is 0 Å². The Balaban J connectivity index is 2.68. The van der Waals surface area contributed by atoms with E-state index in [4.69, 9.17) is 0 Å². The van der Waals surface area contributed by atoms with Gasteiger partial charge in [0.25, 0.3) is 0 Å². The van der Waals surface area contributed by atoms with Crippen LogP contribution in [-0.2, 0) is 6.42 Å². The molecule has 0 N–H and O–H groups in total. The van der Waals surface area contributed by atoms with E-state index in [1.54, 1.807) is 0 Å². The van der Waals surface area contributed by atoms with Crippen LogP contribution >= 0.6 is 0 Å². The fraction of sp³-hybridized carbons (Fsp3) is 0.533. The molecule has 0 amide bonds.